The summed E-state index contributed by atoms with van der Waals surface area (Å²) in [6.07, 6.45) is 4.35. The molecular formula is C13H25NO2. The van der Waals surface area contributed by atoms with Gasteiger partial charge in [-0.1, -0.05) is 13.8 Å². The van der Waals surface area contributed by atoms with Crippen LogP contribution in [-0.2, 0) is 9.53 Å². The lowest BCUT2D eigenvalue weighted by atomic mass is 9.78. The standard InChI is InChI=1S/C13H25NO2/c1-4-8-14-11-6-7-12(10(3)9-11)13(15)16-5-2/h10-12,14H,4-9H2,1-3H3. The van der Waals surface area contributed by atoms with Crippen LogP contribution in [0.3, 0.4) is 0 Å². The summed E-state index contributed by atoms with van der Waals surface area (Å²) in [5.74, 6) is 0.575. The summed E-state index contributed by atoms with van der Waals surface area (Å²) in [6.45, 7) is 7.81. The summed E-state index contributed by atoms with van der Waals surface area (Å²) in [4.78, 5) is 11.7. The van der Waals surface area contributed by atoms with Gasteiger partial charge < -0.3 is 10.1 Å². The maximum absolute atomic E-state index is 11.7. The number of esters is 1. The third kappa shape index (κ3) is 3.78. The number of nitrogens with one attached hydrogen (secondary N) is 1. The highest BCUT2D eigenvalue weighted by molar-refractivity contribution is 5.72. The van der Waals surface area contributed by atoms with Crippen LogP contribution in [0.25, 0.3) is 0 Å². The molecule has 3 unspecified atom stereocenters. The zero-order valence-corrected chi connectivity index (χ0v) is 10.8. The molecule has 1 aliphatic carbocycles. The van der Waals surface area contributed by atoms with Crippen LogP contribution in [0.5, 0.6) is 0 Å². The van der Waals surface area contributed by atoms with Crippen molar-refractivity contribution in [3.8, 4) is 0 Å². The van der Waals surface area contributed by atoms with E-state index < -0.39 is 0 Å². The lowest BCUT2D eigenvalue weighted by Crippen LogP contribution is -2.39. The number of carbonyl (C=O) groups is 1. The van der Waals surface area contributed by atoms with E-state index in [1.807, 2.05) is 6.92 Å². The zero-order chi connectivity index (χ0) is 12.0. The Bertz CT molecular complexity index is 218. The summed E-state index contributed by atoms with van der Waals surface area (Å²) >= 11 is 0. The highest BCUT2D eigenvalue weighted by atomic mass is 16.5. The Hall–Kier alpha value is -0.570. The number of rotatable bonds is 5. The van der Waals surface area contributed by atoms with Gasteiger partial charge >= 0.3 is 5.97 Å². The van der Waals surface area contributed by atoms with E-state index in [4.69, 9.17) is 4.74 Å². The first-order valence-electron chi connectivity index (χ1n) is 6.59. The molecular weight excluding hydrogens is 202 g/mol. The Kier molecular flexibility index (Phi) is 5.81. The topological polar surface area (TPSA) is 38.3 Å². The van der Waals surface area contributed by atoms with E-state index in [-0.39, 0.29) is 11.9 Å². The van der Waals surface area contributed by atoms with Crippen LogP contribution in [0, 0.1) is 11.8 Å². The second-order valence-corrected chi connectivity index (χ2v) is 4.80. The van der Waals surface area contributed by atoms with Crippen molar-refractivity contribution in [2.45, 2.75) is 52.5 Å². The average Bonchev–Trinajstić information content (AvgIpc) is 2.26. The normalized spacial score (nSPS) is 30.1. The van der Waals surface area contributed by atoms with Crippen molar-refractivity contribution in [1.82, 2.24) is 5.32 Å². The Labute approximate surface area is 98.9 Å². The molecule has 1 aliphatic rings. The van der Waals surface area contributed by atoms with E-state index in [1.54, 1.807) is 0 Å². The minimum absolute atomic E-state index is 0.00365. The molecule has 0 aliphatic heterocycles. The molecule has 1 N–H and O–H groups in total. The van der Waals surface area contributed by atoms with Crippen molar-refractivity contribution in [1.29, 1.82) is 0 Å². The predicted octanol–water partition coefficient (Wildman–Crippen LogP) is 2.35. The largest absolute Gasteiger partial charge is 0.466 e. The minimum atomic E-state index is 0.00365. The van der Waals surface area contributed by atoms with Crippen molar-refractivity contribution < 1.29 is 9.53 Å². The molecule has 0 heterocycles. The van der Waals surface area contributed by atoms with Crippen LogP contribution in [0.15, 0.2) is 0 Å². The van der Waals surface area contributed by atoms with Gasteiger partial charge in [0.2, 0.25) is 0 Å². The summed E-state index contributed by atoms with van der Waals surface area (Å²) in [6, 6.07) is 0.598. The molecule has 1 fully saturated rings. The molecule has 0 aromatic carbocycles. The first-order chi connectivity index (χ1) is 7.69. The molecule has 0 radical (unpaired) electrons. The molecule has 1 saturated carbocycles. The maximum Gasteiger partial charge on any atom is 0.309 e. The van der Waals surface area contributed by atoms with Crippen molar-refractivity contribution in [2.24, 2.45) is 11.8 Å². The third-order valence-corrected chi connectivity index (χ3v) is 3.44. The molecule has 94 valence electrons. The van der Waals surface area contributed by atoms with E-state index >= 15 is 0 Å². The van der Waals surface area contributed by atoms with E-state index in [9.17, 15) is 4.79 Å². The highest BCUT2D eigenvalue weighted by Crippen LogP contribution is 2.30. The van der Waals surface area contributed by atoms with E-state index in [0.29, 0.717) is 18.6 Å². The van der Waals surface area contributed by atoms with E-state index in [2.05, 4.69) is 19.2 Å². The Morgan fingerprint density at radius 3 is 2.69 bits per heavy atom. The summed E-state index contributed by atoms with van der Waals surface area (Å²) < 4.78 is 5.11. The molecule has 1 rings (SSSR count). The molecule has 0 bridgehead atoms. The number of carbonyl (C=O) groups excluding carboxylic acids is 1. The maximum atomic E-state index is 11.7. The fraction of sp³-hybridized carbons (Fsp3) is 0.923. The molecule has 0 amide bonds. The quantitative estimate of drug-likeness (QED) is 0.733. The highest BCUT2D eigenvalue weighted by Gasteiger charge is 2.32. The lowest BCUT2D eigenvalue weighted by molar-refractivity contribution is -0.151. The van der Waals surface area contributed by atoms with Crippen LogP contribution in [-0.4, -0.2) is 25.2 Å². The predicted molar refractivity (Wildman–Crippen MR) is 65.2 cm³/mol. The number of hydrogen-bond acceptors (Lipinski definition) is 3. The number of hydrogen-bond donors (Lipinski definition) is 1. The van der Waals surface area contributed by atoms with Gasteiger partial charge in [0, 0.05) is 6.04 Å². The van der Waals surface area contributed by atoms with Gasteiger partial charge in [0.25, 0.3) is 0 Å². The SMILES string of the molecule is CCCNC1CCC(C(=O)OCC)C(C)C1. The van der Waals surface area contributed by atoms with Gasteiger partial charge in [-0.2, -0.15) is 0 Å². The second kappa shape index (κ2) is 6.89. The van der Waals surface area contributed by atoms with Crippen molar-refractivity contribution in [3.63, 3.8) is 0 Å². The summed E-state index contributed by atoms with van der Waals surface area (Å²) in [7, 11) is 0. The Morgan fingerprint density at radius 2 is 2.12 bits per heavy atom. The van der Waals surface area contributed by atoms with Gasteiger partial charge in [0.1, 0.15) is 0 Å². The molecule has 3 heteroatoms. The van der Waals surface area contributed by atoms with Gasteiger partial charge in [-0.3, -0.25) is 4.79 Å². The second-order valence-electron chi connectivity index (χ2n) is 4.80. The first-order valence-corrected chi connectivity index (χ1v) is 6.59. The Balaban J connectivity index is 2.36. The van der Waals surface area contributed by atoms with Gasteiger partial charge in [0.05, 0.1) is 12.5 Å². The molecule has 3 atom stereocenters. The summed E-state index contributed by atoms with van der Waals surface area (Å²) in [5.41, 5.74) is 0. The minimum Gasteiger partial charge on any atom is -0.466 e. The summed E-state index contributed by atoms with van der Waals surface area (Å²) in [5, 5.41) is 3.54. The fourth-order valence-electron chi connectivity index (χ4n) is 2.53. The van der Waals surface area contributed by atoms with E-state index in [0.717, 1.165) is 25.8 Å². The average molecular weight is 227 g/mol. The van der Waals surface area contributed by atoms with Crippen molar-refractivity contribution in [3.05, 3.63) is 0 Å². The molecule has 0 spiro atoms. The molecule has 0 aromatic rings. The van der Waals surface area contributed by atoms with Crippen LogP contribution in [0.4, 0.5) is 0 Å². The van der Waals surface area contributed by atoms with Crippen LogP contribution >= 0.6 is 0 Å². The fourth-order valence-corrected chi connectivity index (χ4v) is 2.53. The van der Waals surface area contributed by atoms with Gasteiger partial charge in [0.15, 0.2) is 0 Å². The van der Waals surface area contributed by atoms with Crippen LogP contribution in [0.1, 0.15) is 46.5 Å². The molecule has 0 saturated heterocycles. The van der Waals surface area contributed by atoms with E-state index in [1.165, 1.54) is 6.42 Å². The van der Waals surface area contributed by atoms with Crippen molar-refractivity contribution in [2.75, 3.05) is 13.2 Å². The van der Waals surface area contributed by atoms with Gasteiger partial charge in [-0.05, 0) is 45.1 Å². The molecule has 16 heavy (non-hydrogen) atoms. The third-order valence-electron chi connectivity index (χ3n) is 3.44. The zero-order valence-electron chi connectivity index (χ0n) is 10.8. The smallest absolute Gasteiger partial charge is 0.309 e. The monoisotopic (exact) mass is 227 g/mol. The Morgan fingerprint density at radius 1 is 1.38 bits per heavy atom. The molecule has 3 nitrogen and oxygen atoms in total. The number of ether oxygens (including phenoxy) is 1. The van der Waals surface area contributed by atoms with Gasteiger partial charge in [-0.15, -0.1) is 0 Å². The molecule has 0 aromatic heterocycles. The first kappa shape index (κ1) is 13.5. The lowest BCUT2D eigenvalue weighted by Gasteiger charge is -2.33. The van der Waals surface area contributed by atoms with Gasteiger partial charge in [-0.25, -0.2) is 0 Å². The van der Waals surface area contributed by atoms with Crippen LogP contribution in [0.2, 0.25) is 0 Å². The van der Waals surface area contributed by atoms with Crippen LogP contribution < -0.4 is 5.32 Å². The van der Waals surface area contributed by atoms with Crippen molar-refractivity contribution >= 4 is 5.97 Å².